The maximum Gasteiger partial charge on any atom is 0.238 e. The van der Waals surface area contributed by atoms with Gasteiger partial charge in [-0.05, 0) is 18.6 Å². The smallest absolute Gasteiger partial charge is 0.238 e. The molecular formula is C12H14BrNO3. The van der Waals surface area contributed by atoms with Crippen molar-refractivity contribution in [2.75, 3.05) is 18.5 Å². The zero-order chi connectivity index (χ0) is 12.3. The Morgan fingerprint density at radius 1 is 1.41 bits per heavy atom. The minimum atomic E-state index is -0.171. The number of benzene rings is 1. The van der Waals surface area contributed by atoms with Crippen molar-refractivity contribution < 1.29 is 14.3 Å². The number of ether oxygens (including phenoxy) is 2. The number of alkyl halides is 1. The minimum absolute atomic E-state index is 0.0517. The number of nitrogens with one attached hydrogen (secondary N) is 1. The van der Waals surface area contributed by atoms with Crippen LogP contribution >= 0.6 is 15.9 Å². The van der Waals surface area contributed by atoms with Crippen LogP contribution in [0.2, 0.25) is 0 Å². The van der Waals surface area contributed by atoms with Gasteiger partial charge in [0.15, 0.2) is 11.5 Å². The molecule has 0 spiro atoms. The molecule has 1 aromatic carbocycles. The first-order valence-electron chi connectivity index (χ1n) is 5.55. The predicted molar refractivity (Wildman–Crippen MR) is 69.1 cm³/mol. The number of hydrogen-bond acceptors (Lipinski definition) is 3. The normalized spacial score (nSPS) is 15.2. The molecule has 0 unspecified atom stereocenters. The van der Waals surface area contributed by atoms with Crippen LogP contribution < -0.4 is 14.8 Å². The van der Waals surface area contributed by atoms with Crippen molar-refractivity contribution in [3.63, 3.8) is 0 Å². The molecule has 0 saturated carbocycles. The molecule has 5 heteroatoms. The standard InChI is InChI=1S/C12H14BrNO3/c1-2-9(13)12(15)14-8-3-4-10-11(7-8)17-6-5-16-10/h3-4,7,9H,2,5-6H2,1H3,(H,14,15)/t9-/m0/s1. The van der Waals surface area contributed by atoms with Gasteiger partial charge in [-0.3, -0.25) is 4.79 Å². The van der Waals surface area contributed by atoms with Crippen LogP contribution in [0.1, 0.15) is 13.3 Å². The van der Waals surface area contributed by atoms with Crippen LogP contribution in [0.15, 0.2) is 18.2 Å². The van der Waals surface area contributed by atoms with Gasteiger partial charge in [0.05, 0.1) is 4.83 Å². The van der Waals surface area contributed by atoms with Crippen LogP contribution in [-0.2, 0) is 4.79 Å². The number of amides is 1. The molecule has 2 rings (SSSR count). The third kappa shape index (κ3) is 2.91. The highest BCUT2D eigenvalue weighted by Gasteiger charge is 2.15. The number of carbonyl (C=O) groups excluding carboxylic acids is 1. The second-order valence-corrected chi connectivity index (χ2v) is 4.83. The van der Waals surface area contributed by atoms with Crippen LogP contribution in [0.25, 0.3) is 0 Å². The fourth-order valence-corrected chi connectivity index (χ4v) is 1.64. The second-order valence-electron chi connectivity index (χ2n) is 3.72. The van der Waals surface area contributed by atoms with Crippen LogP contribution in [0.5, 0.6) is 11.5 Å². The highest BCUT2D eigenvalue weighted by molar-refractivity contribution is 9.10. The summed E-state index contributed by atoms with van der Waals surface area (Å²) < 4.78 is 10.8. The fourth-order valence-electron chi connectivity index (χ4n) is 1.53. The van der Waals surface area contributed by atoms with E-state index < -0.39 is 0 Å². The number of hydrogen-bond donors (Lipinski definition) is 1. The van der Waals surface area contributed by atoms with E-state index in [-0.39, 0.29) is 10.7 Å². The van der Waals surface area contributed by atoms with Gasteiger partial charge in [0.2, 0.25) is 5.91 Å². The number of fused-ring (bicyclic) bond motifs is 1. The van der Waals surface area contributed by atoms with Crippen LogP contribution in [0, 0.1) is 0 Å². The van der Waals surface area contributed by atoms with Crippen LogP contribution in [0.4, 0.5) is 5.69 Å². The molecule has 1 aliphatic heterocycles. The van der Waals surface area contributed by atoms with E-state index in [4.69, 9.17) is 9.47 Å². The lowest BCUT2D eigenvalue weighted by molar-refractivity contribution is -0.115. The van der Waals surface area contributed by atoms with E-state index in [1.807, 2.05) is 6.92 Å². The fraction of sp³-hybridized carbons (Fsp3) is 0.417. The molecular weight excluding hydrogens is 286 g/mol. The van der Waals surface area contributed by atoms with Gasteiger partial charge >= 0.3 is 0 Å². The molecule has 1 atom stereocenters. The Morgan fingerprint density at radius 3 is 2.82 bits per heavy atom. The molecule has 0 bridgehead atoms. The van der Waals surface area contributed by atoms with E-state index in [1.54, 1.807) is 18.2 Å². The maximum absolute atomic E-state index is 11.7. The highest BCUT2D eigenvalue weighted by Crippen LogP contribution is 2.32. The SMILES string of the molecule is CC[C@H](Br)C(=O)Nc1ccc2c(c1)OCCO2. The lowest BCUT2D eigenvalue weighted by Gasteiger charge is -2.19. The van der Waals surface area contributed by atoms with Crippen molar-refractivity contribution in [3.05, 3.63) is 18.2 Å². The average molecular weight is 300 g/mol. The van der Waals surface area contributed by atoms with E-state index >= 15 is 0 Å². The van der Waals surface area contributed by atoms with Gasteiger partial charge in [-0.25, -0.2) is 0 Å². The second kappa shape index (κ2) is 5.40. The first kappa shape index (κ1) is 12.2. The van der Waals surface area contributed by atoms with Gasteiger partial charge in [0, 0.05) is 11.8 Å². The third-order valence-electron chi connectivity index (χ3n) is 2.45. The molecule has 1 heterocycles. The van der Waals surface area contributed by atoms with Crippen molar-refractivity contribution in [3.8, 4) is 11.5 Å². The van der Waals surface area contributed by atoms with E-state index in [9.17, 15) is 4.79 Å². The van der Waals surface area contributed by atoms with E-state index in [1.165, 1.54) is 0 Å². The minimum Gasteiger partial charge on any atom is -0.486 e. The van der Waals surface area contributed by atoms with Gasteiger partial charge in [0.1, 0.15) is 13.2 Å². The van der Waals surface area contributed by atoms with E-state index in [0.29, 0.717) is 19.0 Å². The van der Waals surface area contributed by atoms with Gasteiger partial charge in [-0.1, -0.05) is 22.9 Å². The van der Waals surface area contributed by atoms with Gasteiger partial charge < -0.3 is 14.8 Å². The molecule has 0 radical (unpaired) electrons. The molecule has 0 aromatic heterocycles. The number of carbonyl (C=O) groups is 1. The number of halogens is 1. The molecule has 1 amide bonds. The quantitative estimate of drug-likeness (QED) is 0.873. The Morgan fingerprint density at radius 2 is 2.12 bits per heavy atom. The predicted octanol–water partition coefficient (Wildman–Crippen LogP) is 2.57. The Balaban J connectivity index is 2.09. The van der Waals surface area contributed by atoms with Gasteiger partial charge in [-0.15, -0.1) is 0 Å². The number of rotatable bonds is 3. The summed E-state index contributed by atoms with van der Waals surface area (Å²) in [4.78, 5) is 11.5. The maximum atomic E-state index is 11.7. The average Bonchev–Trinajstić information content (AvgIpc) is 2.37. The molecule has 4 nitrogen and oxygen atoms in total. The molecule has 1 aromatic rings. The Kier molecular flexibility index (Phi) is 3.89. The van der Waals surface area contributed by atoms with E-state index in [0.717, 1.165) is 17.9 Å². The summed E-state index contributed by atoms with van der Waals surface area (Å²) in [6.07, 6.45) is 0.746. The topological polar surface area (TPSA) is 47.6 Å². The largest absolute Gasteiger partial charge is 0.486 e. The molecule has 1 N–H and O–H groups in total. The summed E-state index contributed by atoms with van der Waals surface area (Å²) in [5, 5.41) is 2.82. The number of anilines is 1. The molecule has 1 aliphatic rings. The Hall–Kier alpha value is -1.23. The van der Waals surface area contributed by atoms with Crippen molar-refractivity contribution in [1.29, 1.82) is 0 Å². The van der Waals surface area contributed by atoms with Crippen LogP contribution in [-0.4, -0.2) is 23.9 Å². The monoisotopic (exact) mass is 299 g/mol. The Bertz CT molecular complexity index is 422. The van der Waals surface area contributed by atoms with Crippen LogP contribution in [0.3, 0.4) is 0 Å². The van der Waals surface area contributed by atoms with Crippen molar-refractivity contribution >= 4 is 27.5 Å². The molecule has 0 fully saturated rings. The summed E-state index contributed by atoms with van der Waals surface area (Å²) in [5.74, 6) is 1.35. The molecule has 0 aliphatic carbocycles. The first-order chi connectivity index (χ1) is 8.20. The van der Waals surface area contributed by atoms with Crippen molar-refractivity contribution in [2.45, 2.75) is 18.2 Å². The third-order valence-corrected chi connectivity index (χ3v) is 3.52. The summed E-state index contributed by atoms with van der Waals surface area (Å²) >= 11 is 3.31. The molecule has 92 valence electrons. The summed E-state index contributed by atoms with van der Waals surface area (Å²) in [6, 6.07) is 5.39. The summed E-state index contributed by atoms with van der Waals surface area (Å²) in [6.45, 7) is 3.06. The summed E-state index contributed by atoms with van der Waals surface area (Å²) in [5.41, 5.74) is 0.720. The zero-order valence-electron chi connectivity index (χ0n) is 9.53. The van der Waals surface area contributed by atoms with Gasteiger partial charge in [-0.2, -0.15) is 0 Å². The lowest BCUT2D eigenvalue weighted by atomic mass is 10.2. The molecule has 17 heavy (non-hydrogen) atoms. The first-order valence-corrected chi connectivity index (χ1v) is 6.47. The molecule has 0 saturated heterocycles. The lowest BCUT2D eigenvalue weighted by Crippen LogP contribution is -2.22. The highest BCUT2D eigenvalue weighted by atomic mass is 79.9. The summed E-state index contributed by atoms with van der Waals surface area (Å²) in [7, 11) is 0. The van der Waals surface area contributed by atoms with Crippen molar-refractivity contribution in [1.82, 2.24) is 0 Å². The Labute approximate surface area is 108 Å². The van der Waals surface area contributed by atoms with E-state index in [2.05, 4.69) is 21.2 Å². The zero-order valence-corrected chi connectivity index (χ0v) is 11.1. The van der Waals surface area contributed by atoms with Crippen molar-refractivity contribution in [2.24, 2.45) is 0 Å². The van der Waals surface area contributed by atoms with Gasteiger partial charge in [0.25, 0.3) is 0 Å².